The van der Waals surface area contributed by atoms with E-state index in [2.05, 4.69) is 0 Å². The molecule has 7 heteroatoms. The Morgan fingerprint density at radius 2 is 1.75 bits per heavy atom. The van der Waals surface area contributed by atoms with Crippen LogP contribution in [0, 0.1) is 6.92 Å². The van der Waals surface area contributed by atoms with Gasteiger partial charge >= 0.3 is 0 Å². The minimum absolute atomic E-state index is 0.0144. The highest BCUT2D eigenvalue weighted by atomic mass is 35.5. The van der Waals surface area contributed by atoms with E-state index in [1.54, 1.807) is 21.7 Å². The standard InChI is InChI=1S/C29H28ClN3O3/c1-21-26(20-32(19-24-15-10-18-35-24)28(34)25-16-8-9-17-27(25)30)29(36-23-13-6-3-7-14-23)33(31-21)22-11-4-2-5-12-22/h2-9,11-14,16-17,24H,10,15,18-20H2,1H3/t24-/m0/s1. The molecule has 3 aromatic carbocycles. The first-order chi connectivity index (χ1) is 17.6. The number of aromatic nitrogens is 2. The van der Waals surface area contributed by atoms with Crippen molar-refractivity contribution in [2.75, 3.05) is 13.2 Å². The van der Waals surface area contributed by atoms with E-state index in [0.29, 0.717) is 41.9 Å². The van der Waals surface area contributed by atoms with Gasteiger partial charge in [0.25, 0.3) is 5.91 Å². The van der Waals surface area contributed by atoms with E-state index in [4.69, 9.17) is 26.2 Å². The Balaban J connectivity index is 1.55. The third-order valence-electron chi connectivity index (χ3n) is 6.28. The van der Waals surface area contributed by atoms with Gasteiger partial charge in [-0.3, -0.25) is 4.79 Å². The molecule has 0 unspecified atom stereocenters. The molecule has 0 aliphatic carbocycles. The lowest BCUT2D eigenvalue weighted by molar-refractivity contribution is 0.0505. The van der Waals surface area contributed by atoms with Gasteiger partial charge in [-0.1, -0.05) is 60.1 Å². The quantitative estimate of drug-likeness (QED) is 0.278. The van der Waals surface area contributed by atoms with Gasteiger partial charge in [0, 0.05) is 13.2 Å². The van der Waals surface area contributed by atoms with Crippen LogP contribution in [0.25, 0.3) is 5.69 Å². The Bertz CT molecular complexity index is 1320. The Morgan fingerprint density at radius 3 is 2.44 bits per heavy atom. The highest BCUT2D eigenvalue weighted by molar-refractivity contribution is 6.33. The van der Waals surface area contributed by atoms with Crippen LogP contribution < -0.4 is 4.74 Å². The predicted octanol–water partition coefficient (Wildman–Crippen LogP) is 6.45. The number of rotatable bonds is 8. The molecule has 0 radical (unpaired) electrons. The largest absolute Gasteiger partial charge is 0.439 e. The van der Waals surface area contributed by atoms with Crippen LogP contribution in [0.5, 0.6) is 11.6 Å². The number of carbonyl (C=O) groups is 1. The highest BCUT2D eigenvalue weighted by Crippen LogP contribution is 2.32. The van der Waals surface area contributed by atoms with Gasteiger partial charge in [0.2, 0.25) is 5.88 Å². The van der Waals surface area contributed by atoms with Crippen molar-refractivity contribution in [3.63, 3.8) is 0 Å². The summed E-state index contributed by atoms with van der Waals surface area (Å²) in [6.45, 7) is 3.43. The molecule has 0 N–H and O–H groups in total. The second-order valence-electron chi connectivity index (χ2n) is 8.83. The molecule has 5 rings (SSSR count). The van der Waals surface area contributed by atoms with E-state index in [1.807, 2.05) is 79.7 Å². The second kappa shape index (κ2) is 11.0. The summed E-state index contributed by atoms with van der Waals surface area (Å²) in [7, 11) is 0. The summed E-state index contributed by atoms with van der Waals surface area (Å²) >= 11 is 6.42. The summed E-state index contributed by atoms with van der Waals surface area (Å²) in [5.41, 5.74) is 2.96. The fourth-order valence-electron chi connectivity index (χ4n) is 4.42. The molecular weight excluding hydrogens is 474 g/mol. The Morgan fingerprint density at radius 1 is 1.06 bits per heavy atom. The molecule has 1 atom stereocenters. The zero-order valence-corrected chi connectivity index (χ0v) is 20.9. The lowest BCUT2D eigenvalue weighted by Crippen LogP contribution is -2.37. The summed E-state index contributed by atoms with van der Waals surface area (Å²) in [5.74, 6) is 1.13. The van der Waals surface area contributed by atoms with Crippen molar-refractivity contribution in [1.29, 1.82) is 0 Å². The van der Waals surface area contributed by atoms with Gasteiger partial charge in [0.05, 0.1) is 40.2 Å². The van der Waals surface area contributed by atoms with E-state index in [-0.39, 0.29) is 12.0 Å². The zero-order valence-electron chi connectivity index (χ0n) is 20.1. The minimum atomic E-state index is -0.145. The summed E-state index contributed by atoms with van der Waals surface area (Å²) in [6, 6.07) is 26.6. The Hall–Kier alpha value is -3.61. The molecule has 4 aromatic rings. The fourth-order valence-corrected chi connectivity index (χ4v) is 4.64. The van der Waals surface area contributed by atoms with Crippen molar-refractivity contribution >= 4 is 17.5 Å². The molecule has 0 spiro atoms. The molecule has 1 fully saturated rings. The fraction of sp³-hybridized carbons (Fsp3) is 0.241. The topological polar surface area (TPSA) is 56.6 Å². The number of hydrogen-bond donors (Lipinski definition) is 0. The van der Waals surface area contributed by atoms with Crippen LogP contribution in [0.15, 0.2) is 84.9 Å². The molecular formula is C29H28ClN3O3. The van der Waals surface area contributed by atoms with Gasteiger partial charge in [-0.2, -0.15) is 5.10 Å². The van der Waals surface area contributed by atoms with Gasteiger partial charge < -0.3 is 14.4 Å². The van der Waals surface area contributed by atoms with E-state index in [1.165, 1.54) is 0 Å². The first-order valence-electron chi connectivity index (χ1n) is 12.1. The van der Waals surface area contributed by atoms with Crippen LogP contribution in [-0.2, 0) is 11.3 Å². The van der Waals surface area contributed by atoms with E-state index < -0.39 is 0 Å². The minimum Gasteiger partial charge on any atom is -0.439 e. The van der Waals surface area contributed by atoms with Crippen LogP contribution in [-0.4, -0.2) is 39.8 Å². The normalized spacial score (nSPS) is 15.1. The molecule has 184 valence electrons. The molecule has 1 amide bonds. The van der Waals surface area contributed by atoms with Gasteiger partial charge in [0.15, 0.2) is 0 Å². The number of benzene rings is 3. The van der Waals surface area contributed by atoms with Gasteiger partial charge in [-0.25, -0.2) is 4.68 Å². The number of halogens is 1. The van der Waals surface area contributed by atoms with Crippen molar-refractivity contribution < 1.29 is 14.3 Å². The number of carbonyl (C=O) groups excluding carboxylic acids is 1. The maximum Gasteiger partial charge on any atom is 0.255 e. The Kier molecular flexibility index (Phi) is 7.35. The summed E-state index contributed by atoms with van der Waals surface area (Å²) < 4.78 is 14.1. The predicted molar refractivity (Wildman–Crippen MR) is 140 cm³/mol. The molecule has 1 aromatic heterocycles. The molecule has 0 bridgehead atoms. The first-order valence-corrected chi connectivity index (χ1v) is 12.5. The van der Waals surface area contributed by atoms with Gasteiger partial charge in [-0.15, -0.1) is 0 Å². The van der Waals surface area contributed by atoms with Crippen LogP contribution in [0.4, 0.5) is 0 Å². The molecule has 1 aliphatic rings. The van der Waals surface area contributed by atoms with Crippen molar-refractivity contribution in [3.05, 3.63) is 107 Å². The molecule has 0 saturated carbocycles. The first kappa shape index (κ1) is 24.1. The SMILES string of the molecule is Cc1nn(-c2ccccc2)c(Oc2ccccc2)c1CN(C[C@@H]1CCCO1)C(=O)c1ccccc1Cl. The molecule has 6 nitrogen and oxygen atoms in total. The van der Waals surface area contributed by atoms with Crippen molar-refractivity contribution in [2.24, 2.45) is 0 Å². The average molecular weight is 502 g/mol. The summed E-state index contributed by atoms with van der Waals surface area (Å²) in [6.07, 6.45) is 1.90. The molecule has 1 saturated heterocycles. The van der Waals surface area contributed by atoms with Crippen molar-refractivity contribution in [1.82, 2.24) is 14.7 Å². The second-order valence-corrected chi connectivity index (χ2v) is 9.24. The van der Waals surface area contributed by atoms with Crippen molar-refractivity contribution in [3.8, 4) is 17.3 Å². The zero-order chi connectivity index (χ0) is 24.9. The van der Waals surface area contributed by atoms with Crippen LogP contribution >= 0.6 is 11.6 Å². The number of hydrogen-bond acceptors (Lipinski definition) is 4. The maximum atomic E-state index is 13.7. The number of amides is 1. The maximum absolute atomic E-state index is 13.7. The van der Waals surface area contributed by atoms with E-state index in [9.17, 15) is 4.79 Å². The summed E-state index contributed by atoms with van der Waals surface area (Å²) in [4.78, 5) is 15.5. The lowest BCUT2D eigenvalue weighted by Gasteiger charge is -2.26. The van der Waals surface area contributed by atoms with Crippen LogP contribution in [0.2, 0.25) is 5.02 Å². The smallest absolute Gasteiger partial charge is 0.255 e. The van der Waals surface area contributed by atoms with Gasteiger partial charge in [0.1, 0.15) is 5.75 Å². The van der Waals surface area contributed by atoms with Crippen LogP contribution in [0.3, 0.4) is 0 Å². The summed E-state index contributed by atoms with van der Waals surface area (Å²) in [5, 5.41) is 5.24. The molecule has 2 heterocycles. The van der Waals surface area contributed by atoms with E-state index >= 15 is 0 Å². The van der Waals surface area contributed by atoms with Crippen LogP contribution in [0.1, 0.15) is 34.5 Å². The third kappa shape index (κ3) is 5.30. The van der Waals surface area contributed by atoms with E-state index in [0.717, 1.165) is 29.8 Å². The average Bonchev–Trinajstić information content (AvgIpc) is 3.53. The monoisotopic (exact) mass is 501 g/mol. The third-order valence-corrected chi connectivity index (χ3v) is 6.61. The highest BCUT2D eigenvalue weighted by Gasteiger charge is 2.28. The van der Waals surface area contributed by atoms with Gasteiger partial charge in [-0.05, 0) is 56.2 Å². The van der Waals surface area contributed by atoms with Crippen molar-refractivity contribution in [2.45, 2.75) is 32.4 Å². The molecule has 1 aliphatic heterocycles. The lowest BCUT2D eigenvalue weighted by atomic mass is 10.1. The number of ether oxygens (including phenoxy) is 2. The Labute approximate surface area is 216 Å². The molecule has 36 heavy (non-hydrogen) atoms. The number of para-hydroxylation sites is 2. The number of aryl methyl sites for hydroxylation is 1. The number of nitrogens with zero attached hydrogens (tertiary/aromatic N) is 3.